The van der Waals surface area contributed by atoms with E-state index < -0.39 is 19.1 Å². The Morgan fingerprint density at radius 2 is 2.12 bits per heavy atom. The normalized spacial score (nSPS) is 21.2. The first-order valence-electron chi connectivity index (χ1n) is 8.06. The van der Waals surface area contributed by atoms with E-state index in [4.69, 9.17) is 4.74 Å². The van der Waals surface area contributed by atoms with E-state index in [-0.39, 0.29) is 6.10 Å². The van der Waals surface area contributed by atoms with Crippen LogP contribution in [-0.2, 0) is 4.79 Å². The molecule has 0 spiro atoms. The molecule has 3 rings (SSSR count). The number of fused-ring (bicyclic) bond motifs is 1. The zero-order valence-electron chi connectivity index (χ0n) is 14.1. The molecule has 2 aromatic rings. The van der Waals surface area contributed by atoms with Crippen LogP contribution in [0.1, 0.15) is 17.7 Å². The van der Waals surface area contributed by atoms with Gasteiger partial charge in [-0.3, -0.25) is 9.78 Å². The number of nitrogens with zero attached hydrogens (tertiary/aromatic N) is 2. The van der Waals surface area contributed by atoms with Gasteiger partial charge in [-0.2, -0.15) is 0 Å². The number of carbonyl (C=O) groups is 1. The molecule has 0 saturated carbocycles. The van der Waals surface area contributed by atoms with Crippen LogP contribution in [0.5, 0.6) is 5.75 Å². The summed E-state index contributed by atoms with van der Waals surface area (Å²) in [5, 5.41) is 20.1. The largest absolute Gasteiger partial charge is 0.488 e. The zero-order chi connectivity index (χ0) is 17.4. The summed E-state index contributed by atoms with van der Waals surface area (Å²) in [6, 6.07) is 7.13. The van der Waals surface area contributed by atoms with Gasteiger partial charge in [0, 0.05) is 30.1 Å². The smallest absolute Gasteiger partial charge is 0.377 e. The van der Waals surface area contributed by atoms with Gasteiger partial charge in [0.1, 0.15) is 17.9 Å². The van der Waals surface area contributed by atoms with Crippen molar-refractivity contribution in [3.8, 4) is 5.75 Å². The summed E-state index contributed by atoms with van der Waals surface area (Å²) in [5.74, 6) is -0.226. The van der Waals surface area contributed by atoms with Crippen molar-refractivity contribution in [2.45, 2.75) is 39.2 Å². The van der Waals surface area contributed by atoms with Gasteiger partial charge in [0.05, 0.1) is 5.52 Å². The molecule has 1 aromatic heterocycles. The topological polar surface area (TPSA) is 82.9 Å². The molecule has 2 atom stereocenters. The number of aromatic nitrogens is 1. The molecule has 0 aliphatic carbocycles. The van der Waals surface area contributed by atoms with E-state index in [1.165, 1.54) is 0 Å². The Kier molecular flexibility index (Phi) is 4.47. The molecule has 1 saturated heterocycles. The van der Waals surface area contributed by atoms with Crippen LogP contribution in [0.4, 0.5) is 0 Å². The Morgan fingerprint density at radius 3 is 2.75 bits per heavy atom. The first kappa shape index (κ1) is 16.7. The Hall–Kier alpha value is -2.12. The van der Waals surface area contributed by atoms with Crippen molar-refractivity contribution in [2.24, 2.45) is 0 Å². The number of aryl methyl sites for hydroxylation is 2. The number of carboxylic acid groups (broad SMARTS) is 1. The molecule has 1 aliphatic heterocycles. The highest BCUT2D eigenvalue weighted by atomic mass is 16.5. The zero-order valence-corrected chi connectivity index (χ0v) is 14.1. The monoisotopic (exact) mass is 328 g/mol. The van der Waals surface area contributed by atoms with Crippen molar-refractivity contribution in [3.05, 3.63) is 35.5 Å². The number of hydrogen-bond donors (Lipinski definition) is 2. The van der Waals surface area contributed by atoms with E-state index in [1.54, 1.807) is 11.6 Å². The van der Waals surface area contributed by atoms with Crippen LogP contribution in [0.3, 0.4) is 0 Å². The molecule has 0 radical (unpaired) electrons. The van der Waals surface area contributed by atoms with Crippen molar-refractivity contribution in [1.82, 2.24) is 9.79 Å². The number of ether oxygens (including phenoxy) is 1. The highest BCUT2D eigenvalue weighted by Gasteiger charge is 2.41. The van der Waals surface area contributed by atoms with Gasteiger partial charge in [-0.1, -0.05) is 11.6 Å². The van der Waals surface area contributed by atoms with Gasteiger partial charge >= 0.3 is 13.0 Å². The lowest BCUT2D eigenvalue weighted by Gasteiger charge is -2.21. The highest BCUT2D eigenvalue weighted by Crippen LogP contribution is 2.30. The maximum absolute atomic E-state index is 11.4. The third kappa shape index (κ3) is 3.23. The first-order chi connectivity index (χ1) is 11.3. The van der Waals surface area contributed by atoms with E-state index in [1.807, 2.05) is 38.1 Å². The van der Waals surface area contributed by atoms with Gasteiger partial charge in [0.25, 0.3) is 0 Å². The van der Waals surface area contributed by atoms with Gasteiger partial charge in [-0.15, -0.1) is 0 Å². The Labute approximate surface area is 141 Å². The van der Waals surface area contributed by atoms with Gasteiger partial charge < -0.3 is 19.7 Å². The fourth-order valence-corrected chi connectivity index (χ4v) is 3.27. The van der Waals surface area contributed by atoms with Crippen LogP contribution in [0.2, 0.25) is 6.82 Å². The lowest BCUT2D eigenvalue weighted by Crippen LogP contribution is -2.45. The Bertz CT molecular complexity index is 781. The Balaban J connectivity index is 1.90. The number of benzene rings is 1. The van der Waals surface area contributed by atoms with E-state index >= 15 is 0 Å². The van der Waals surface area contributed by atoms with Crippen molar-refractivity contribution in [1.29, 1.82) is 0 Å². The lowest BCUT2D eigenvalue weighted by atomic mass is 9.84. The van der Waals surface area contributed by atoms with Crippen molar-refractivity contribution >= 4 is 23.9 Å². The van der Waals surface area contributed by atoms with Crippen LogP contribution in [0.15, 0.2) is 24.3 Å². The molecule has 0 amide bonds. The summed E-state index contributed by atoms with van der Waals surface area (Å²) in [4.78, 5) is 17.5. The fraction of sp³-hybridized carbons (Fsp3) is 0.412. The Morgan fingerprint density at radius 1 is 1.38 bits per heavy atom. The highest BCUT2D eigenvalue weighted by molar-refractivity contribution is 6.45. The number of pyridine rings is 1. The minimum absolute atomic E-state index is 0.286. The van der Waals surface area contributed by atoms with Gasteiger partial charge in [0.15, 0.2) is 0 Å². The van der Waals surface area contributed by atoms with Crippen LogP contribution < -0.4 is 4.74 Å². The van der Waals surface area contributed by atoms with Crippen LogP contribution in [0, 0.1) is 13.8 Å². The third-order valence-corrected chi connectivity index (χ3v) is 4.41. The first-order valence-corrected chi connectivity index (χ1v) is 8.06. The average Bonchev–Trinajstić information content (AvgIpc) is 2.92. The average molecular weight is 328 g/mol. The molecule has 1 aliphatic rings. The number of hydrogen-bond acceptors (Lipinski definition) is 5. The maximum atomic E-state index is 11.4. The molecular weight excluding hydrogens is 307 g/mol. The summed E-state index contributed by atoms with van der Waals surface area (Å²) >= 11 is 0. The second-order valence-corrected chi connectivity index (χ2v) is 6.44. The van der Waals surface area contributed by atoms with Crippen LogP contribution >= 0.6 is 0 Å². The third-order valence-electron chi connectivity index (χ3n) is 4.41. The molecule has 0 bridgehead atoms. The number of aliphatic carboxylic acids is 1. The van der Waals surface area contributed by atoms with Crippen molar-refractivity contribution in [3.63, 3.8) is 0 Å². The van der Waals surface area contributed by atoms with Crippen molar-refractivity contribution < 1.29 is 19.7 Å². The molecule has 24 heavy (non-hydrogen) atoms. The number of carboxylic acids is 1. The molecule has 1 fully saturated rings. The summed E-state index contributed by atoms with van der Waals surface area (Å²) in [5.41, 5.74) is 2.82. The van der Waals surface area contributed by atoms with E-state index in [0.717, 1.165) is 22.2 Å². The summed E-state index contributed by atoms with van der Waals surface area (Å²) in [6.45, 7) is 5.87. The molecule has 6 nitrogen and oxygen atoms in total. The van der Waals surface area contributed by atoms with Crippen LogP contribution in [0.25, 0.3) is 10.9 Å². The molecule has 2 heterocycles. The second kappa shape index (κ2) is 6.41. The summed E-state index contributed by atoms with van der Waals surface area (Å²) in [6.07, 6.45) is 0.0563. The maximum Gasteiger partial charge on any atom is 0.377 e. The predicted octanol–water partition coefficient (Wildman–Crippen LogP) is 1.87. The van der Waals surface area contributed by atoms with Gasteiger partial charge in [-0.05, 0) is 32.8 Å². The summed E-state index contributed by atoms with van der Waals surface area (Å²) < 4.78 is 6.13. The van der Waals surface area contributed by atoms with Crippen molar-refractivity contribution in [2.75, 3.05) is 6.54 Å². The quantitative estimate of drug-likeness (QED) is 0.834. The predicted molar refractivity (Wildman–Crippen MR) is 92.2 cm³/mol. The van der Waals surface area contributed by atoms with Gasteiger partial charge in [0.2, 0.25) is 0 Å². The van der Waals surface area contributed by atoms with E-state index in [9.17, 15) is 14.9 Å². The molecular formula is C17H21BN2O4. The molecule has 126 valence electrons. The lowest BCUT2D eigenvalue weighted by molar-refractivity contribution is -0.141. The second-order valence-electron chi connectivity index (χ2n) is 6.44. The summed E-state index contributed by atoms with van der Waals surface area (Å²) in [7, 11) is -0.821. The number of rotatable bonds is 4. The SMILES string of the molecule is CB(O)N1C[C@H](Oc2cc(C)nc3ccc(C)cc23)C[C@H]1C(=O)O. The molecule has 2 N–H and O–H groups in total. The van der Waals surface area contributed by atoms with Crippen LogP contribution in [-0.4, -0.2) is 51.6 Å². The van der Waals surface area contributed by atoms with Gasteiger partial charge in [-0.25, -0.2) is 0 Å². The molecule has 0 unspecified atom stereocenters. The molecule has 7 heteroatoms. The minimum Gasteiger partial charge on any atom is -0.488 e. The van der Waals surface area contributed by atoms with E-state index in [2.05, 4.69) is 4.98 Å². The fourth-order valence-electron chi connectivity index (χ4n) is 3.27. The minimum atomic E-state index is -0.936. The van der Waals surface area contributed by atoms with E-state index in [0.29, 0.717) is 18.7 Å². The standard InChI is InChI=1S/C17H21BN2O4/c1-10-4-5-14-13(6-10)16(7-11(2)19-14)24-12-8-15(17(21)22)20(9-12)18(3)23/h4-7,12,15,23H,8-9H2,1-3H3,(H,21,22)/t12-,15+/m1/s1. The molecule has 1 aromatic carbocycles.